The highest BCUT2D eigenvalue weighted by Gasteiger charge is 2.96. The summed E-state index contributed by atoms with van der Waals surface area (Å²) in [5.74, 6) is -50.5. The Bertz CT molecular complexity index is 878. The molecular formula is C14H5Cl2F17Si. The first-order valence-electron chi connectivity index (χ1n) is 7.75. The van der Waals surface area contributed by atoms with Crippen LogP contribution in [0.2, 0.25) is 0 Å². The first-order valence-corrected chi connectivity index (χ1v) is 11.8. The molecule has 1 aromatic rings. The van der Waals surface area contributed by atoms with E-state index in [1.807, 2.05) is 0 Å². The summed E-state index contributed by atoms with van der Waals surface area (Å²) in [5.41, 5.74) is -6.84. The summed E-state index contributed by atoms with van der Waals surface area (Å²) in [5, 5.41) is -1.32. The van der Waals surface area contributed by atoms with Gasteiger partial charge in [-0.1, -0.05) is 30.3 Å². The van der Waals surface area contributed by atoms with E-state index in [1.54, 1.807) is 0 Å². The van der Waals surface area contributed by atoms with Crippen LogP contribution in [0.25, 0.3) is 0 Å². The average molecular weight is 595 g/mol. The van der Waals surface area contributed by atoms with Gasteiger partial charge in [-0.3, -0.25) is 0 Å². The average Bonchev–Trinajstić information content (AvgIpc) is 2.66. The predicted octanol–water partition coefficient (Wildman–Crippen LogP) is 7.36. The fourth-order valence-electron chi connectivity index (χ4n) is 2.19. The van der Waals surface area contributed by atoms with E-state index in [1.165, 1.54) is 0 Å². The van der Waals surface area contributed by atoms with Crippen LogP contribution >= 0.6 is 22.2 Å². The Balaban J connectivity index is 3.76. The van der Waals surface area contributed by atoms with Crippen LogP contribution < -0.4 is 5.19 Å². The summed E-state index contributed by atoms with van der Waals surface area (Å²) in [6.07, 6.45) is -7.81. The number of hydrogen-bond donors (Lipinski definition) is 0. The maximum absolute atomic E-state index is 14.3. The van der Waals surface area contributed by atoms with Crippen LogP contribution in [0, 0.1) is 0 Å². The van der Waals surface area contributed by atoms with Gasteiger partial charge in [0.05, 0.1) is 0 Å². The van der Waals surface area contributed by atoms with E-state index in [0.29, 0.717) is 12.1 Å². The number of alkyl halides is 17. The monoisotopic (exact) mass is 594 g/mol. The van der Waals surface area contributed by atoms with E-state index in [4.69, 9.17) is 22.2 Å². The second-order valence-corrected chi connectivity index (χ2v) is 12.8. The third-order valence-corrected chi connectivity index (χ3v) is 9.15. The zero-order chi connectivity index (χ0) is 27.6. The number of benzene rings is 1. The van der Waals surface area contributed by atoms with Crippen LogP contribution in [0.4, 0.5) is 74.6 Å². The Morgan fingerprint density at radius 1 is 0.441 bits per heavy atom. The Kier molecular flexibility index (Phi) is 7.42. The molecule has 0 amide bonds. The standard InChI is InChI=1S/C14H5Cl2F17Si/c15-34(16,6-4-2-1-3-5-6)14(32,33)12(27,28)10(23,24)8(19,20)7(17,18)9(21,22)11(25,26)13(29,30)31/h1-5H. The van der Waals surface area contributed by atoms with Crippen molar-refractivity contribution in [2.45, 2.75) is 47.3 Å². The summed E-state index contributed by atoms with van der Waals surface area (Å²) in [6, 6.07) is 3.20. The summed E-state index contributed by atoms with van der Waals surface area (Å²) in [6.45, 7) is -6.52. The summed E-state index contributed by atoms with van der Waals surface area (Å²) < 4.78 is 226. The van der Waals surface area contributed by atoms with Crippen LogP contribution in [0.5, 0.6) is 0 Å². The van der Waals surface area contributed by atoms with E-state index in [0.717, 1.165) is 18.2 Å². The van der Waals surface area contributed by atoms with Crippen molar-refractivity contribution in [1.82, 2.24) is 0 Å². The number of hydrogen-bond acceptors (Lipinski definition) is 0. The molecule has 0 saturated heterocycles. The van der Waals surface area contributed by atoms with Crippen molar-refractivity contribution in [3.05, 3.63) is 30.3 Å². The van der Waals surface area contributed by atoms with Crippen molar-refractivity contribution < 1.29 is 74.6 Å². The van der Waals surface area contributed by atoms with E-state index in [2.05, 4.69) is 0 Å². The normalized spacial score (nSPS) is 16.1. The van der Waals surface area contributed by atoms with Gasteiger partial charge in [0.25, 0.3) is 0 Å². The Labute approximate surface area is 187 Å². The molecule has 34 heavy (non-hydrogen) atoms. The minimum Gasteiger partial charge on any atom is -0.201 e. The lowest BCUT2D eigenvalue weighted by atomic mass is 9.91. The molecule has 1 aromatic carbocycles. The van der Waals surface area contributed by atoms with Gasteiger partial charge in [0.1, 0.15) is 0 Å². The maximum atomic E-state index is 14.3. The second kappa shape index (κ2) is 8.17. The van der Waals surface area contributed by atoms with Gasteiger partial charge in [-0.05, 0) is 5.19 Å². The Morgan fingerprint density at radius 3 is 1.06 bits per heavy atom. The fourth-order valence-corrected chi connectivity index (χ4v) is 5.18. The smallest absolute Gasteiger partial charge is 0.201 e. The first kappa shape index (κ1) is 30.9. The van der Waals surface area contributed by atoms with Gasteiger partial charge in [-0.25, -0.2) is 8.78 Å². The molecule has 0 N–H and O–H groups in total. The molecule has 20 heteroatoms. The SMILES string of the molecule is FC(F)(F)C(F)(F)C(F)(F)C(F)(F)C(F)(F)C(F)(F)C(F)(F)C(F)(F)[Si](Cl)(Cl)c1ccccc1. The van der Waals surface area contributed by atoms with E-state index in [9.17, 15) is 74.6 Å². The van der Waals surface area contributed by atoms with Crippen LogP contribution in [0.1, 0.15) is 0 Å². The van der Waals surface area contributed by atoms with Crippen molar-refractivity contribution in [2.24, 2.45) is 0 Å². The molecule has 0 unspecified atom stereocenters. The topological polar surface area (TPSA) is 0 Å². The Morgan fingerprint density at radius 2 is 0.735 bits per heavy atom. The molecule has 0 heterocycles. The summed E-state index contributed by atoms with van der Waals surface area (Å²) in [7, 11) is 0. The maximum Gasteiger partial charge on any atom is 0.460 e. The molecule has 0 nitrogen and oxygen atoms in total. The van der Waals surface area contributed by atoms with Crippen molar-refractivity contribution in [3.8, 4) is 0 Å². The lowest BCUT2D eigenvalue weighted by molar-refractivity contribution is -0.458. The fraction of sp³-hybridized carbons (Fsp3) is 0.571. The molecule has 0 fully saturated rings. The van der Waals surface area contributed by atoms with Crippen LogP contribution in [-0.4, -0.2) is 54.0 Å². The molecular weight excluding hydrogens is 590 g/mol. The summed E-state index contributed by atoms with van der Waals surface area (Å²) in [4.78, 5) is 0. The van der Waals surface area contributed by atoms with E-state index < -0.39 is 59.1 Å². The molecule has 1 rings (SSSR count). The lowest BCUT2D eigenvalue weighted by Crippen LogP contribution is -2.77. The van der Waals surface area contributed by atoms with Crippen LogP contribution in [0.3, 0.4) is 0 Å². The zero-order valence-electron chi connectivity index (χ0n) is 15.1. The molecule has 0 saturated carbocycles. The highest BCUT2D eigenvalue weighted by Crippen LogP contribution is 2.65. The zero-order valence-corrected chi connectivity index (χ0v) is 17.6. The molecule has 0 spiro atoms. The molecule has 0 radical (unpaired) electrons. The summed E-state index contributed by atoms with van der Waals surface area (Å²) >= 11 is 10.0. The second-order valence-electron chi connectivity index (χ2n) is 6.46. The molecule has 198 valence electrons. The highest BCUT2D eigenvalue weighted by atomic mass is 35.7. The van der Waals surface area contributed by atoms with Crippen molar-refractivity contribution in [1.29, 1.82) is 0 Å². The van der Waals surface area contributed by atoms with Crippen LogP contribution in [0.15, 0.2) is 30.3 Å². The van der Waals surface area contributed by atoms with Crippen LogP contribution in [-0.2, 0) is 0 Å². The molecule has 0 aliphatic rings. The van der Waals surface area contributed by atoms with Gasteiger partial charge in [0.2, 0.25) is 0 Å². The largest absolute Gasteiger partial charge is 0.460 e. The van der Waals surface area contributed by atoms with Gasteiger partial charge >= 0.3 is 54.0 Å². The first-order chi connectivity index (χ1) is 14.6. The predicted molar refractivity (Wildman–Crippen MR) is 84.2 cm³/mol. The highest BCUT2D eigenvalue weighted by molar-refractivity contribution is 7.52. The van der Waals surface area contributed by atoms with Gasteiger partial charge in [0, 0.05) is 0 Å². The minimum absolute atomic E-state index is 0.374. The molecule has 0 atom stereocenters. The third kappa shape index (κ3) is 3.81. The number of rotatable bonds is 8. The van der Waals surface area contributed by atoms with Crippen molar-refractivity contribution in [3.63, 3.8) is 0 Å². The van der Waals surface area contributed by atoms with Crippen molar-refractivity contribution in [2.75, 3.05) is 0 Å². The van der Waals surface area contributed by atoms with E-state index in [-0.39, 0.29) is 0 Å². The molecule has 0 aromatic heterocycles. The van der Waals surface area contributed by atoms with E-state index >= 15 is 0 Å². The van der Waals surface area contributed by atoms with Gasteiger partial charge < -0.3 is 0 Å². The molecule has 0 aliphatic heterocycles. The molecule has 0 bridgehead atoms. The third-order valence-electron chi connectivity index (χ3n) is 4.25. The van der Waals surface area contributed by atoms with Gasteiger partial charge in [-0.2, -0.15) is 65.9 Å². The Hall–Kier alpha value is -1.17. The molecule has 0 aliphatic carbocycles. The van der Waals surface area contributed by atoms with Gasteiger partial charge in [0.15, 0.2) is 0 Å². The minimum atomic E-state index is -8.70. The number of halogens is 19. The van der Waals surface area contributed by atoms with Crippen molar-refractivity contribution >= 4 is 34.0 Å². The van der Waals surface area contributed by atoms with Gasteiger partial charge in [-0.15, -0.1) is 22.2 Å². The quantitative estimate of drug-likeness (QED) is 0.168. The lowest BCUT2D eigenvalue weighted by Gasteiger charge is -2.44.